The van der Waals surface area contributed by atoms with E-state index in [-0.39, 0.29) is 0 Å². The van der Waals surface area contributed by atoms with E-state index >= 15 is 0 Å². The minimum Gasteiger partial charge on any atom is -0.316 e. The van der Waals surface area contributed by atoms with Crippen LogP contribution in [0.15, 0.2) is 6.20 Å². The van der Waals surface area contributed by atoms with Crippen LogP contribution in [0.3, 0.4) is 0 Å². The normalized spacial score (nSPS) is 23.2. The number of hydrogen-bond acceptors (Lipinski definition) is 4. The molecule has 0 aromatic carbocycles. The van der Waals surface area contributed by atoms with Crippen molar-refractivity contribution in [2.75, 3.05) is 20.1 Å². The highest BCUT2D eigenvalue weighted by molar-refractivity contribution is 7.11. The summed E-state index contributed by atoms with van der Waals surface area (Å²) in [6.45, 7) is 4.53. The molecule has 1 aromatic heterocycles. The topological polar surface area (TPSA) is 37.0 Å². The zero-order valence-corrected chi connectivity index (χ0v) is 10.9. The van der Waals surface area contributed by atoms with Gasteiger partial charge in [0.25, 0.3) is 0 Å². The molecule has 0 radical (unpaired) electrons. The Morgan fingerprint density at radius 2 is 2.56 bits per heavy atom. The second-order valence-corrected chi connectivity index (χ2v) is 5.73. The first kappa shape index (κ1) is 12.0. The van der Waals surface area contributed by atoms with Crippen molar-refractivity contribution in [2.45, 2.75) is 32.2 Å². The average Bonchev–Trinajstić information content (AvgIpc) is 2.78. The summed E-state index contributed by atoms with van der Waals surface area (Å²) in [5.74, 6) is 0.789. The third-order valence-electron chi connectivity index (χ3n) is 3.29. The van der Waals surface area contributed by atoms with Crippen LogP contribution < -0.4 is 10.6 Å². The Morgan fingerprint density at radius 3 is 3.25 bits per heavy atom. The first-order valence-corrected chi connectivity index (χ1v) is 6.94. The van der Waals surface area contributed by atoms with Gasteiger partial charge in [0.15, 0.2) is 0 Å². The highest BCUT2D eigenvalue weighted by Gasteiger charge is 2.16. The molecule has 2 atom stereocenters. The van der Waals surface area contributed by atoms with Crippen molar-refractivity contribution >= 4 is 11.3 Å². The first-order chi connectivity index (χ1) is 7.79. The molecular weight excluding hydrogens is 218 g/mol. The molecule has 1 aliphatic heterocycles. The predicted molar refractivity (Wildman–Crippen MR) is 68.9 cm³/mol. The molecule has 0 aliphatic carbocycles. The molecule has 1 saturated heterocycles. The van der Waals surface area contributed by atoms with Crippen LogP contribution in [0.25, 0.3) is 0 Å². The summed E-state index contributed by atoms with van der Waals surface area (Å²) in [5.41, 5.74) is 0. The Labute approximate surface area is 102 Å². The Balaban J connectivity index is 1.91. The van der Waals surface area contributed by atoms with Crippen LogP contribution >= 0.6 is 11.3 Å². The third kappa shape index (κ3) is 3.03. The van der Waals surface area contributed by atoms with Crippen molar-refractivity contribution in [1.29, 1.82) is 0 Å². The van der Waals surface area contributed by atoms with E-state index in [0.29, 0.717) is 6.04 Å². The maximum absolute atomic E-state index is 4.53. The monoisotopic (exact) mass is 239 g/mol. The largest absolute Gasteiger partial charge is 0.316 e. The fraction of sp³-hybridized carbons (Fsp3) is 0.750. The Morgan fingerprint density at radius 1 is 1.69 bits per heavy atom. The number of nitrogens with one attached hydrogen (secondary N) is 2. The SMILES string of the molecule is CNC(C)c1cnc(CC2CCCNC2)s1. The van der Waals surface area contributed by atoms with E-state index in [1.165, 1.54) is 29.3 Å². The van der Waals surface area contributed by atoms with Gasteiger partial charge in [-0.3, -0.25) is 0 Å². The lowest BCUT2D eigenvalue weighted by Crippen LogP contribution is -2.30. The molecule has 2 N–H and O–H groups in total. The summed E-state index contributed by atoms with van der Waals surface area (Å²) < 4.78 is 0. The van der Waals surface area contributed by atoms with Gasteiger partial charge in [-0.25, -0.2) is 4.98 Å². The Hall–Kier alpha value is -0.450. The highest BCUT2D eigenvalue weighted by atomic mass is 32.1. The van der Waals surface area contributed by atoms with Gasteiger partial charge in [0.05, 0.1) is 5.01 Å². The summed E-state index contributed by atoms with van der Waals surface area (Å²) >= 11 is 1.86. The van der Waals surface area contributed by atoms with E-state index in [4.69, 9.17) is 0 Å². The second-order valence-electron chi connectivity index (χ2n) is 4.58. The molecule has 0 spiro atoms. The highest BCUT2D eigenvalue weighted by Crippen LogP contribution is 2.24. The van der Waals surface area contributed by atoms with Crippen LogP contribution in [0, 0.1) is 5.92 Å². The summed E-state index contributed by atoms with van der Waals surface area (Å²) in [5, 5.41) is 8.01. The molecule has 2 rings (SSSR count). The molecule has 90 valence electrons. The maximum Gasteiger partial charge on any atom is 0.0931 e. The van der Waals surface area contributed by atoms with Crippen LogP contribution in [0.5, 0.6) is 0 Å². The zero-order valence-electron chi connectivity index (χ0n) is 10.1. The fourth-order valence-corrected chi connectivity index (χ4v) is 3.20. The molecule has 4 heteroatoms. The van der Waals surface area contributed by atoms with Gasteiger partial charge in [0, 0.05) is 23.5 Å². The minimum absolute atomic E-state index is 0.427. The molecule has 2 unspecified atom stereocenters. The van der Waals surface area contributed by atoms with Crippen LogP contribution in [0.4, 0.5) is 0 Å². The number of aromatic nitrogens is 1. The van der Waals surface area contributed by atoms with Gasteiger partial charge in [-0.15, -0.1) is 11.3 Å². The van der Waals surface area contributed by atoms with Crippen LogP contribution in [-0.4, -0.2) is 25.1 Å². The fourth-order valence-electron chi connectivity index (χ4n) is 2.11. The zero-order chi connectivity index (χ0) is 11.4. The van der Waals surface area contributed by atoms with Crippen LogP contribution in [0.2, 0.25) is 0 Å². The summed E-state index contributed by atoms with van der Waals surface area (Å²) in [6, 6.07) is 0.427. The lowest BCUT2D eigenvalue weighted by atomic mass is 9.97. The quantitative estimate of drug-likeness (QED) is 0.843. The minimum atomic E-state index is 0.427. The molecule has 1 aromatic rings. The van der Waals surface area contributed by atoms with Crippen LogP contribution in [0.1, 0.15) is 35.7 Å². The number of hydrogen-bond donors (Lipinski definition) is 2. The molecule has 0 saturated carbocycles. The Bertz CT molecular complexity index is 318. The van der Waals surface area contributed by atoms with Crippen molar-refractivity contribution in [3.63, 3.8) is 0 Å². The number of thiazole rings is 1. The molecule has 0 bridgehead atoms. The van der Waals surface area contributed by atoms with Gasteiger partial charge in [-0.05, 0) is 45.8 Å². The molecule has 1 fully saturated rings. The standard InChI is InChI=1S/C12H21N3S/c1-9(13-2)11-8-15-12(16-11)6-10-4-3-5-14-7-10/h8-10,13-14H,3-7H2,1-2H3. The number of nitrogens with zero attached hydrogens (tertiary/aromatic N) is 1. The van der Waals surface area contributed by atoms with Crippen molar-refractivity contribution in [1.82, 2.24) is 15.6 Å². The van der Waals surface area contributed by atoms with E-state index in [1.54, 1.807) is 0 Å². The van der Waals surface area contributed by atoms with Crippen molar-refractivity contribution < 1.29 is 0 Å². The second kappa shape index (κ2) is 5.75. The lowest BCUT2D eigenvalue weighted by molar-refractivity contribution is 0.376. The Kier molecular flexibility index (Phi) is 4.32. The van der Waals surface area contributed by atoms with E-state index in [2.05, 4.69) is 22.5 Å². The lowest BCUT2D eigenvalue weighted by Gasteiger charge is -2.21. The van der Waals surface area contributed by atoms with E-state index in [0.717, 1.165) is 18.9 Å². The third-order valence-corrected chi connectivity index (χ3v) is 4.50. The molecule has 3 nitrogen and oxygen atoms in total. The van der Waals surface area contributed by atoms with Gasteiger partial charge >= 0.3 is 0 Å². The van der Waals surface area contributed by atoms with Crippen LogP contribution in [-0.2, 0) is 6.42 Å². The smallest absolute Gasteiger partial charge is 0.0931 e. The van der Waals surface area contributed by atoms with Gasteiger partial charge < -0.3 is 10.6 Å². The molecular formula is C12H21N3S. The van der Waals surface area contributed by atoms with Gasteiger partial charge in [-0.1, -0.05) is 0 Å². The van der Waals surface area contributed by atoms with Gasteiger partial charge in [-0.2, -0.15) is 0 Å². The summed E-state index contributed by atoms with van der Waals surface area (Å²) in [6.07, 6.45) is 5.84. The molecule has 16 heavy (non-hydrogen) atoms. The van der Waals surface area contributed by atoms with Crippen molar-refractivity contribution in [3.05, 3.63) is 16.1 Å². The number of piperidine rings is 1. The number of rotatable bonds is 4. The molecule has 2 heterocycles. The van der Waals surface area contributed by atoms with E-state index < -0.39 is 0 Å². The van der Waals surface area contributed by atoms with Gasteiger partial charge in [0.2, 0.25) is 0 Å². The maximum atomic E-state index is 4.53. The first-order valence-electron chi connectivity index (χ1n) is 6.12. The predicted octanol–water partition coefficient (Wildman–Crippen LogP) is 1.97. The van der Waals surface area contributed by atoms with Crippen molar-refractivity contribution in [3.8, 4) is 0 Å². The van der Waals surface area contributed by atoms with Crippen molar-refractivity contribution in [2.24, 2.45) is 5.92 Å². The molecule has 1 aliphatic rings. The average molecular weight is 239 g/mol. The summed E-state index contributed by atoms with van der Waals surface area (Å²) in [4.78, 5) is 5.88. The summed E-state index contributed by atoms with van der Waals surface area (Å²) in [7, 11) is 2.00. The van der Waals surface area contributed by atoms with Gasteiger partial charge in [0.1, 0.15) is 0 Å². The van der Waals surface area contributed by atoms with E-state index in [1.807, 2.05) is 24.6 Å². The van der Waals surface area contributed by atoms with E-state index in [9.17, 15) is 0 Å². The molecule has 0 amide bonds.